The van der Waals surface area contributed by atoms with Crippen LogP contribution >= 0.6 is 56.9 Å². The van der Waals surface area contributed by atoms with Crippen LogP contribution in [0.4, 0.5) is 62.6 Å². The molecule has 0 atom stereocenters. The van der Waals surface area contributed by atoms with Crippen molar-refractivity contribution in [3.8, 4) is 22.3 Å². The van der Waals surface area contributed by atoms with Gasteiger partial charge in [0.1, 0.15) is 0 Å². The summed E-state index contributed by atoms with van der Waals surface area (Å²) in [7, 11) is 0. The Balaban J connectivity index is 0.000000122. The Bertz CT molecular complexity index is 7160. The molecule has 0 fully saturated rings. The van der Waals surface area contributed by atoms with Crippen LogP contribution in [-0.4, -0.2) is 0 Å². The molecular formula is C104H69ClN4S4. The van der Waals surface area contributed by atoms with Crippen LogP contribution in [-0.2, 0) is 0 Å². The average Bonchev–Trinajstić information content (AvgIpc) is 1.60. The summed E-state index contributed by atoms with van der Waals surface area (Å²) in [6, 6.07) is 148. The molecule has 0 aliphatic heterocycles. The van der Waals surface area contributed by atoms with E-state index in [2.05, 4.69) is 408 Å². The predicted octanol–water partition coefficient (Wildman–Crippen LogP) is 33.0. The standard InChI is InChI=1S/C52H34N2S2.C28H19NS.C24H16ClNS/c1-3-13-39(14-4-1)53(40-15-5-2-6-16-40)42-27-30-50-48(32-42)47-29-26-44(34-52(47)56-50)54(43-25-28-46-45-17-9-10-18-49(45)55-51(46)33-43)41-23-21-36(22-24-41)38-20-19-35-11-7-8-12-37(35)31-38;1-2-6-21-17-22(10-9-19(21)5-1)20-11-13-23(14-12-20)29-24-15-16-26-25-7-3-4-8-27(25)30-28(26)18-24;25-17-11-13-21-22-16-20(12-14-23(22)27-24(21)15-17)26(18-7-3-1-4-8-18)19-9-5-2-6-10-19/h1-34H;1-18,29H;1-16H. The summed E-state index contributed by atoms with van der Waals surface area (Å²) in [6.07, 6.45) is 0. The van der Waals surface area contributed by atoms with Crippen molar-refractivity contribution in [3.63, 3.8) is 0 Å². The van der Waals surface area contributed by atoms with Gasteiger partial charge in [0, 0.05) is 148 Å². The zero-order chi connectivity index (χ0) is 75.1. The minimum atomic E-state index is 0.782. The number of hydrogen-bond acceptors (Lipinski definition) is 8. The van der Waals surface area contributed by atoms with Gasteiger partial charge in [-0.2, -0.15) is 0 Å². The van der Waals surface area contributed by atoms with Gasteiger partial charge >= 0.3 is 0 Å². The first kappa shape index (κ1) is 69.1. The number of hydrogen-bond donors (Lipinski definition) is 1. The molecule has 0 amide bonds. The maximum Gasteiger partial charge on any atom is 0.0476 e. The Morgan fingerprint density at radius 1 is 0.177 bits per heavy atom. The first-order chi connectivity index (χ1) is 55.9. The fourth-order valence-electron chi connectivity index (χ4n) is 15.7. The molecule has 0 saturated carbocycles. The Morgan fingerprint density at radius 2 is 0.478 bits per heavy atom. The zero-order valence-electron chi connectivity index (χ0n) is 61.1. The topological polar surface area (TPSA) is 21.8 Å². The van der Waals surface area contributed by atoms with E-state index in [1.807, 2.05) is 58.3 Å². The molecule has 536 valence electrons. The van der Waals surface area contributed by atoms with Crippen LogP contribution in [0.5, 0.6) is 0 Å². The lowest BCUT2D eigenvalue weighted by Crippen LogP contribution is -2.09. The molecule has 9 heteroatoms. The van der Waals surface area contributed by atoms with Crippen LogP contribution in [0.1, 0.15) is 0 Å². The van der Waals surface area contributed by atoms with E-state index < -0.39 is 0 Å². The smallest absolute Gasteiger partial charge is 0.0476 e. The maximum atomic E-state index is 6.19. The molecule has 22 aromatic rings. The van der Waals surface area contributed by atoms with Crippen molar-refractivity contribution in [2.45, 2.75) is 0 Å². The number of nitrogens with one attached hydrogen (secondary N) is 1. The van der Waals surface area contributed by atoms with Crippen LogP contribution in [0.15, 0.2) is 413 Å². The molecule has 0 bridgehead atoms. The lowest BCUT2D eigenvalue weighted by atomic mass is 10.0. The van der Waals surface area contributed by atoms with Crippen molar-refractivity contribution in [3.05, 3.63) is 418 Å². The van der Waals surface area contributed by atoms with Crippen molar-refractivity contribution in [2.75, 3.05) is 20.0 Å². The first-order valence-electron chi connectivity index (χ1n) is 37.8. The summed E-state index contributed by atoms with van der Waals surface area (Å²) >= 11 is 13.5. The quantitative estimate of drug-likeness (QED) is 0.124. The van der Waals surface area contributed by atoms with Crippen LogP contribution < -0.4 is 20.0 Å². The van der Waals surface area contributed by atoms with Crippen LogP contribution in [0.25, 0.3) is 124 Å². The monoisotopic (exact) mass is 1540 g/mol. The summed E-state index contributed by atoms with van der Waals surface area (Å²) in [6.45, 7) is 0. The number of benzene rings is 18. The van der Waals surface area contributed by atoms with Gasteiger partial charge in [0.15, 0.2) is 0 Å². The lowest BCUT2D eigenvalue weighted by Gasteiger charge is -2.26. The van der Waals surface area contributed by atoms with Crippen LogP contribution in [0.2, 0.25) is 5.02 Å². The van der Waals surface area contributed by atoms with Gasteiger partial charge in [0.25, 0.3) is 0 Å². The molecule has 0 spiro atoms. The molecule has 113 heavy (non-hydrogen) atoms. The Morgan fingerprint density at radius 3 is 0.947 bits per heavy atom. The van der Waals surface area contributed by atoms with E-state index in [0.29, 0.717) is 0 Å². The number of thiophene rings is 4. The number of nitrogens with zero attached hydrogens (tertiary/aromatic N) is 3. The van der Waals surface area contributed by atoms with Crippen molar-refractivity contribution < 1.29 is 0 Å². The van der Waals surface area contributed by atoms with Gasteiger partial charge in [0.2, 0.25) is 0 Å². The van der Waals surface area contributed by atoms with Gasteiger partial charge in [-0.15, -0.1) is 45.3 Å². The number of fused-ring (bicyclic) bond motifs is 14. The minimum Gasteiger partial charge on any atom is -0.355 e. The van der Waals surface area contributed by atoms with Gasteiger partial charge in [-0.25, -0.2) is 0 Å². The van der Waals surface area contributed by atoms with Gasteiger partial charge in [-0.05, 0) is 226 Å². The van der Waals surface area contributed by atoms with E-state index in [1.54, 1.807) is 11.3 Å². The molecule has 1 N–H and O–H groups in total. The second-order valence-corrected chi connectivity index (χ2v) is 33.0. The van der Waals surface area contributed by atoms with Crippen LogP contribution in [0, 0.1) is 0 Å². The van der Waals surface area contributed by atoms with Crippen molar-refractivity contribution >= 4 is 222 Å². The number of para-hydroxylation sites is 4. The third-order valence-electron chi connectivity index (χ3n) is 21.2. The van der Waals surface area contributed by atoms with Crippen molar-refractivity contribution in [2.24, 2.45) is 0 Å². The van der Waals surface area contributed by atoms with E-state index in [-0.39, 0.29) is 0 Å². The summed E-state index contributed by atoms with van der Waals surface area (Å²) < 4.78 is 10.3. The van der Waals surface area contributed by atoms with Gasteiger partial charge in [-0.3, -0.25) is 0 Å². The minimum absolute atomic E-state index is 0.782. The van der Waals surface area contributed by atoms with Crippen molar-refractivity contribution in [1.29, 1.82) is 0 Å². The molecule has 4 heterocycles. The zero-order valence-corrected chi connectivity index (χ0v) is 65.1. The maximum absolute atomic E-state index is 6.19. The normalized spacial score (nSPS) is 11.4. The first-order valence-corrected chi connectivity index (χ1v) is 41.5. The third-order valence-corrected chi connectivity index (χ3v) is 25.9. The summed E-state index contributed by atoms with van der Waals surface area (Å²) in [5.74, 6) is 0. The SMILES string of the molecule is Clc1ccc2c(c1)sc1ccc(N(c3ccccc3)c3ccccc3)cc12.c1ccc(N(c2ccccc2)c2ccc3sc4cc(N(c5ccc(-c6ccc7ccccc7c6)cc5)c5ccc6c(c5)sc5ccccc56)ccc4c3c2)cc1.c1ccc2cc(-c3ccc(Nc4ccc5c(c4)sc4ccccc45)cc3)ccc2c1. The summed E-state index contributed by atoms with van der Waals surface area (Å²) in [5, 5.41) is 19.7. The Kier molecular flexibility index (Phi) is 18.5. The largest absolute Gasteiger partial charge is 0.355 e. The van der Waals surface area contributed by atoms with Gasteiger partial charge in [-0.1, -0.05) is 242 Å². The van der Waals surface area contributed by atoms with E-state index in [4.69, 9.17) is 11.6 Å². The molecule has 0 saturated heterocycles. The molecule has 0 radical (unpaired) electrons. The van der Waals surface area contributed by atoms with Crippen molar-refractivity contribution in [1.82, 2.24) is 0 Å². The van der Waals surface area contributed by atoms with Gasteiger partial charge < -0.3 is 20.0 Å². The highest BCUT2D eigenvalue weighted by Gasteiger charge is 2.21. The Hall–Kier alpha value is -13.2. The molecule has 22 rings (SSSR count). The predicted molar refractivity (Wildman–Crippen MR) is 496 cm³/mol. The fourth-order valence-corrected chi connectivity index (χ4v) is 20.4. The number of rotatable bonds is 13. The molecule has 4 nitrogen and oxygen atoms in total. The number of anilines is 11. The molecule has 0 aliphatic carbocycles. The molecular weight excluding hydrogens is 1470 g/mol. The highest BCUT2D eigenvalue weighted by atomic mass is 35.5. The fraction of sp³-hybridized carbons (Fsp3) is 0. The second kappa shape index (κ2) is 30.3. The molecule has 0 aliphatic rings. The summed E-state index contributed by atoms with van der Waals surface area (Å²) in [5.41, 5.74) is 17.4. The van der Waals surface area contributed by atoms with E-state index in [0.717, 1.165) is 67.6 Å². The lowest BCUT2D eigenvalue weighted by molar-refractivity contribution is 1.29. The summed E-state index contributed by atoms with van der Waals surface area (Å²) in [4.78, 5) is 7.04. The number of halogens is 1. The van der Waals surface area contributed by atoms with E-state index in [9.17, 15) is 0 Å². The highest BCUT2D eigenvalue weighted by molar-refractivity contribution is 7.27. The molecule has 18 aromatic carbocycles. The Labute approximate surface area is 676 Å². The second-order valence-electron chi connectivity index (χ2n) is 28.2. The van der Waals surface area contributed by atoms with Crippen LogP contribution in [0.3, 0.4) is 0 Å². The van der Waals surface area contributed by atoms with E-state index in [1.165, 1.54) is 124 Å². The average molecular weight is 1540 g/mol. The molecule has 0 unspecified atom stereocenters. The highest BCUT2D eigenvalue weighted by Crippen LogP contribution is 2.48. The van der Waals surface area contributed by atoms with Gasteiger partial charge in [0.05, 0.1) is 0 Å². The molecule has 4 aromatic heterocycles. The third kappa shape index (κ3) is 13.8. The van der Waals surface area contributed by atoms with E-state index >= 15 is 0 Å².